The number of nitrogens with one attached hydrogen (secondary N) is 1. The SMILES string of the molecule is CNCc1c(Cl)cccc1OC1CCCCCC1. The van der Waals surface area contributed by atoms with Gasteiger partial charge in [-0.1, -0.05) is 30.5 Å². The van der Waals surface area contributed by atoms with Gasteiger partial charge in [0.1, 0.15) is 5.75 Å². The largest absolute Gasteiger partial charge is 0.490 e. The lowest BCUT2D eigenvalue weighted by atomic mass is 10.1. The molecule has 100 valence electrons. The number of hydrogen-bond donors (Lipinski definition) is 1. The summed E-state index contributed by atoms with van der Waals surface area (Å²) in [5.74, 6) is 0.948. The van der Waals surface area contributed by atoms with Crippen molar-refractivity contribution in [2.24, 2.45) is 0 Å². The molecule has 1 saturated carbocycles. The van der Waals surface area contributed by atoms with Crippen LogP contribution in [-0.4, -0.2) is 13.2 Å². The average Bonchev–Trinajstić information content (AvgIpc) is 2.62. The molecule has 1 fully saturated rings. The molecule has 0 aliphatic heterocycles. The van der Waals surface area contributed by atoms with Crippen molar-refractivity contribution in [3.63, 3.8) is 0 Å². The smallest absolute Gasteiger partial charge is 0.125 e. The van der Waals surface area contributed by atoms with Crippen LogP contribution in [0.4, 0.5) is 0 Å². The molecule has 1 N–H and O–H groups in total. The first-order valence-electron chi connectivity index (χ1n) is 6.90. The van der Waals surface area contributed by atoms with Crippen LogP contribution in [0.25, 0.3) is 0 Å². The monoisotopic (exact) mass is 267 g/mol. The summed E-state index contributed by atoms with van der Waals surface area (Å²) in [7, 11) is 1.93. The highest BCUT2D eigenvalue weighted by atomic mass is 35.5. The standard InChI is InChI=1S/C15H22ClNO/c1-17-11-13-14(16)9-6-10-15(13)18-12-7-4-2-3-5-8-12/h6,9-10,12,17H,2-5,7-8,11H2,1H3. The molecule has 0 amide bonds. The van der Waals surface area contributed by atoms with Crippen LogP contribution in [0.5, 0.6) is 5.75 Å². The summed E-state index contributed by atoms with van der Waals surface area (Å²) in [6.45, 7) is 0.752. The van der Waals surface area contributed by atoms with Gasteiger partial charge < -0.3 is 10.1 Å². The maximum atomic E-state index is 6.24. The minimum atomic E-state index is 0.363. The molecule has 3 heteroatoms. The Morgan fingerprint density at radius 2 is 1.94 bits per heavy atom. The van der Waals surface area contributed by atoms with Crippen molar-refractivity contribution in [3.05, 3.63) is 28.8 Å². The Bertz CT molecular complexity index is 373. The molecule has 2 nitrogen and oxygen atoms in total. The molecule has 1 aromatic carbocycles. The molecule has 0 bridgehead atoms. The summed E-state index contributed by atoms with van der Waals surface area (Å²) in [5, 5.41) is 3.94. The fraction of sp³-hybridized carbons (Fsp3) is 0.600. The van der Waals surface area contributed by atoms with Crippen molar-refractivity contribution in [1.29, 1.82) is 0 Å². The quantitative estimate of drug-likeness (QED) is 0.827. The Hall–Kier alpha value is -0.730. The normalized spacial score (nSPS) is 17.4. The predicted octanol–water partition coefficient (Wildman–Crippen LogP) is 4.16. The summed E-state index contributed by atoms with van der Waals surface area (Å²) in [4.78, 5) is 0. The van der Waals surface area contributed by atoms with Crippen LogP contribution >= 0.6 is 11.6 Å². The van der Waals surface area contributed by atoms with E-state index >= 15 is 0 Å². The third-order valence-corrected chi connectivity index (χ3v) is 3.88. The Morgan fingerprint density at radius 3 is 2.61 bits per heavy atom. The lowest BCUT2D eigenvalue weighted by molar-refractivity contribution is 0.182. The molecular formula is C15H22ClNO. The van der Waals surface area contributed by atoms with E-state index < -0.39 is 0 Å². The average molecular weight is 268 g/mol. The zero-order valence-electron chi connectivity index (χ0n) is 11.0. The van der Waals surface area contributed by atoms with Crippen LogP contribution in [0.15, 0.2) is 18.2 Å². The third-order valence-electron chi connectivity index (χ3n) is 3.53. The van der Waals surface area contributed by atoms with Gasteiger partial charge in [0.25, 0.3) is 0 Å². The van der Waals surface area contributed by atoms with E-state index in [0.29, 0.717) is 6.10 Å². The topological polar surface area (TPSA) is 21.3 Å². The van der Waals surface area contributed by atoms with Gasteiger partial charge in [-0.25, -0.2) is 0 Å². The maximum Gasteiger partial charge on any atom is 0.125 e. The number of benzene rings is 1. The fourth-order valence-corrected chi connectivity index (χ4v) is 2.77. The number of halogens is 1. The molecule has 1 aliphatic carbocycles. The molecule has 2 rings (SSSR count). The van der Waals surface area contributed by atoms with Gasteiger partial charge in [0, 0.05) is 17.1 Å². The van der Waals surface area contributed by atoms with Crippen molar-refractivity contribution in [3.8, 4) is 5.75 Å². The summed E-state index contributed by atoms with van der Waals surface area (Å²) in [5.41, 5.74) is 1.07. The fourth-order valence-electron chi connectivity index (χ4n) is 2.54. The molecule has 0 radical (unpaired) electrons. The van der Waals surface area contributed by atoms with Gasteiger partial charge in [0.15, 0.2) is 0 Å². The lowest BCUT2D eigenvalue weighted by Crippen LogP contribution is -2.17. The molecule has 0 aromatic heterocycles. The van der Waals surface area contributed by atoms with E-state index in [2.05, 4.69) is 5.32 Å². The lowest BCUT2D eigenvalue weighted by Gasteiger charge is -2.20. The van der Waals surface area contributed by atoms with Crippen molar-refractivity contribution >= 4 is 11.6 Å². The first-order chi connectivity index (χ1) is 8.81. The maximum absolute atomic E-state index is 6.24. The van der Waals surface area contributed by atoms with Gasteiger partial charge in [0.2, 0.25) is 0 Å². The predicted molar refractivity (Wildman–Crippen MR) is 76.3 cm³/mol. The molecular weight excluding hydrogens is 246 g/mol. The van der Waals surface area contributed by atoms with Gasteiger partial charge in [-0.15, -0.1) is 0 Å². The minimum absolute atomic E-state index is 0.363. The molecule has 0 saturated heterocycles. The van der Waals surface area contributed by atoms with E-state index in [4.69, 9.17) is 16.3 Å². The van der Waals surface area contributed by atoms with Crippen molar-refractivity contribution < 1.29 is 4.74 Å². The minimum Gasteiger partial charge on any atom is -0.490 e. The summed E-state index contributed by atoms with van der Waals surface area (Å²) in [6.07, 6.45) is 7.97. The summed E-state index contributed by atoms with van der Waals surface area (Å²) in [6, 6.07) is 5.92. The Morgan fingerprint density at radius 1 is 1.22 bits per heavy atom. The molecule has 1 aromatic rings. The van der Waals surface area contributed by atoms with Gasteiger partial charge in [-0.05, 0) is 44.9 Å². The van der Waals surface area contributed by atoms with Crippen molar-refractivity contribution in [1.82, 2.24) is 5.32 Å². The highest BCUT2D eigenvalue weighted by Gasteiger charge is 2.16. The summed E-state index contributed by atoms with van der Waals surface area (Å²) >= 11 is 6.24. The molecule has 0 unspecified atom stereocenters. The first kappa shape index (κ1) is 13.7. The number of ether oxygens (including phenoxy) is 1. The van der Waals surface area contributed by atoms with Crippen LogP contribution in [0.2, 0.25) is 5.02 Å². The Kier molecular flexibility index (Phi) is 5.33. The van der Waals surface area contributed by atoms with Gasteiger partial charge in [-0.3, -0.25) is 0 Å². The highest BCUT2D eigenvalue weighted by molar-refractivity contribution is 6.31. The van der Waals surface area contributed by atoms with Crippen LogP contribution in [-0.2, 0) is 6.54 Å². The number of rotatable bonds is 4. The third kappa shape index (κ3) is 3.63. The molecule has 18 heavy (non-hydrogen) atoms. The number of hydrogen-bond acceptors (Lipinski definition) is 2. The Balaban J connectivity index is 2.09. The van der Waals surface area contributed by atoms with Crippen LogP contribution in [0.3, 0.4) is 0 Å². The van der Waals surface area contributed by atoms with E-state index in [1.807, 2.05) is 25.2 Å². The zero-order valence-corrected chi connectivity index (χ0v) is 11.8. The van der Waals surface area contributed by atoms with E-state index in [-0.39, 0.29) is 0 Å². The first-order valence-corrected chi connectivity index (χ1v) is 7.27. The van der Waals surface area contributed by atoms with Gasteiger partial charge in [-0.2, -0.15) is 0 Å². The Labute approximate surface area is 115 Å². The second-order valence-corrected chi connectivity index (χ2v) is 5.39. The van der Waals surface area contributed by atoms with Crippen LogP contribution in [0, 0.1) is 0 Å². The summed E-state index contributed by atoms with van der Waals surface area (Å²) < 4.78 is 6.18. The van der Waals surface area contributed by atoms with Gasteiger partial charge in [0.05, 0.1) is 6.10 Å². The second-order valence-electron chi connectivity index (χ2n) is 4.98. The van der Waals surface area contributed by atoms with Gasteiger partial charge >= 0.3 is 0 Å². The van der Waals surface area contributed by atoms with Crippen molar-refractivity contribution in [2.45, 2.75) is 51.2 Å². The van der Waals surface area contributed by atoms with Crippen molar-refractivity contribution in [2.75, 3.05) is 7.05 Å². The van der Waals surface area contributed by atoms with E-state index in [1.54, 1.807) is 0 Å². The molecule has 0 atom stereocenters. The zero-order chi connectivity index (χ0) is 12.8. The highest BCUT2D eigenvalue weighted by Crippen LogP contribution is 2.29. The van der Waals surface area contributed by atoms with E-state index in [0.717, 1.165) is 22.9 Å². The molecule has 0 spiro atoms. The molecule has 1 aliphatic rings. The van der Waals surface area contributed by atoms with E-state index in [9.17, 15) is 0 Å². The molecule has 0 heterocycles. The second kappa shape index (κ2) is 7.01. The van der Waals surface area contributed by atoms with Crippen LogP contribution < -0.4 is 10.1 Å². The van der Waals surface area contributed by atoms with Crippen LogP contribution in [0.1, 0.15) is 44.1 Å². The van der Waals surface area contributed by atoms with E-state index in [1.165, 1.54) is 38.5 Å².